The topological polar surface area (TPSA) is 29.3 Å². The van der Waals surface area contributed by atoms with Gasteiger partial charge in [0.1, 0.15) is 5.82 Å². The Balaban J connectivity index is 2.72. The van der Waals surface area contributed by atoms with Gasteiger partial charge in [-0.25, -0.2) is 4.39 Å². The van der Waals surface area contributed by atoms with Gasteiger partial charge >= 0.3 is 0 Å². The van der Waals surface area contributed by atoms with Crippen molar-refractivity contribution in [3.63, 3.8) is 0 Å². The molecule has 0 aromatic heterocycles. The van der Waals surface area contributed by atoms with E-state index in [-0.39, 0.29) is 11.9 Å². The summed E-state index contributed by atoms with van der Waals surface area (Å²) in [6.45, 7) is 2.76. The fraction of sp³-hybridized carbons (Fsp3) is 0.571. The first-order valence-corrected chi connectivity index (χ1v) is 7.66. The second kappa shape index (κ2) is 7.77. The Bertz CT molecular complexity index is 342. The highest BCUT2D eigenvalue weighted by Crippen LogP contribution is 2.22. The summed E-state index contributed by atoms with van der Waals surface area (Å²) in [7, 11) is 2.09. The monoisotopic (exact) mass is 270 g/mol. The van der Waals surface area contributed by atoms with Crippen LogP contribution in [0.1, 0.15) is 24.9 Å². The van der Waals surface area contributed by atoms with Gasteiger partial charge in [-0.3, -0.25) is 4.90 Å². The van der Waals surface area contributed by atoms with Crippen molar-refractivity contribution in [1.29, 1.82) is 0 Å². The molecule has 0 fully saturated rings. The van der Waals surface area contributed by atoms with E-state index in [1.165, 1.54) is 12.1 Å². The molecule has 1 aromatic carbocycles. The minimum absolute atomic E-state index is 0.155. The Labute approximate surface area is 114 Å². The standard InChI is InChI=1S/C14H23FN2S/c1-11(8-9-18-3)17(2)14(10-16)12-4-6-13(15)7-5-12/h4-7,11,14H,8-10,16H2,1-3H3. The fourth-order valence-corrected chi connectivity index (χ4v) is 2.60. The Hall–Kier alpha value is -0.580. The van der Waals surface area contributed by atoms with Crippen molar-refractivity contribution in [2.24, 2.45) is 5.73 Å². The predicted octanol–water partition coefficient (Wildman–Crippen LogP) is 2.90. The van der Waals surface area contributed by atoms with Crippen LogP contribution < -0.4 is 5.73 Å². The highest BCUT2D eigenvalue weighted by Gasteiger charge is 2.19. The summed E-state index contributed by atoms with van der Waals surface area (Å²) in [4.78, 5) is 2.28. The number of halogens is 1. The zero-order valence-electron chi connectivity index (χ0n) is 11.4. The third-order valence-corrected chi connectivity index (χ3v) is 4.05. The Morgan fingerprint density at radius 3 is 2.44 bits per heavy atom. The average molecular weight is 270 g/mol. The lowest BCUT2D eigenvalue weighted by Gasteiger charge is -2.32. The number of hydrogen-bond donors (Lipinski definition) is 1. The largest absolute Gasteiger partial charge is 0.329 e. The average Bonchev–Trinajstić information content (AvgIpc) is 2.38. The molecule has 2 nitrogen and oxygen atoms in total. The van der Waals surface area contributed by atoms with E-state index in [9.17, 15) is 4.39 Å². The first kappa shape index (κ1) is 15.5. The number of thioether (sulfide) groups is 1. The van der Waals surface area contributed by atoms with Gasteiger partial charge in [-0.15, -0.1) is 0 Å². The SMILES string of the molecule is CSCCC(C)N(C)C(CN)c1ccc(F)cc1. The molecule has 1 rings (SSSR count). The van der Waals surface area contributed by atoms with Crippen LogP contribution in [0.3, 0.4) is 0 Å². The minimum atomic E-state index is -0.201. The van der Waals surface area contributed by atoms with Crippen LogP contribution in [0.25, 0.3) is 0 Å². The summed E-state index contributed by atoms with van der Waals surface area (Å²) < 4.78 is 12.9. The van der Waals surface area contributed by atoms with Gasteiger partial charge in [-0.1, -0.05) is 12.1 Å². The van der Waals surface area contributed by atoms with Crippen molar-refractivity contribution in [3.05, 3.63) is 35.6 Å². The van der Waals surface area contributed by atoms with Crippen LogP contribution in [0, 0.1) is 5.82 Å². The Kier molecular flexibility index (Phi) is 6.68. The minimum Gasteiger partial charge on any atom is -0.329 e. The normalized spacial score (nSPS) is 14.8. The molecule has 102 valence electrons. The van der Waals surface area contributed by atoms with Gasteiger partial charge in [0.05, 0.1) is 0 Å². The maximum Gasteiger partial charge on any atom is 0.123 e. The molecule has 0 aliphatic carbocycles. The zero-order valence-corrected chi connectivity index (χ0v) is 12.2. The molecule has 0 aliphatic rings. The molecule has 0 saturated heterocycles. The van der Waals surface area contributed by atoms with E-state index >= 15 is 0 Å². The highest BCUT2D eigenvalue weighted by molar-refractivity contribution is 7.98. The predicted molar refractivity (Wildman–Crippen MR) is 78.4 cm³/mol. The number of likely N-dealkylation sites (N-methyl/N-ethyl adjacent to an activating group) is 1. The lowest BCUT2D eigenvalue weighted by Crippen LogP contribution is -2.37. The van der Waals surface area contributed by atoms with Crippen molar-refractivity contribution in [2.45, 2.75) is 25.4 Å². The molecule has 2 atom stereocenters. The molecule has 18 heavy (non-hydrogen) atoms. The third-order valence-electron chi connectivity index (χ3n) is 3.40. The molecule has 0 heterocycles. The van der Waals surface area contributed by atoms with Gasteiger partial charge in [0.25, 0.3) is 0 Å². The summed E-state index contributed by atoms with van der Waals surface area (Å²) in [5.74, 6) is 0.944. The smallest absolute Gasteiger partial charge is 0.123 e. The van der Waals surface area contributed by atoms with E-state index in [2.05, 4.69) is 25.1 Å². The first-order valence-electron chi connectivity index (χ1n) is 6.26. The molecule has 0 aliphatic heterocycles. The number of benzene rings is 1. The van der Waals surface area contributed by atoms with E-state index in [4.69, 9.17) is 5.73 Å². The number of hydrogen-bond acceptors (Lipinski definition) is 3. The fourth-order valence-electron chi connectivity index (χ4n) is 2.02. The van der Waals surface area contributed by atoms with Crippen LogP contribution in [0.4, 0.5) is 4.39 Å². The number of nitrogens with zero attached hydrogens (tertiary/aromatic N) is 1. The van der Waals surface area contributed by atoms with Gasteiger partial charge in [-0.05, 0) is 50.1 Å². The van der Waals surface area contributed by atoms with Crippen molar-refractivity contribution in [2.75, 3.05) is 25.6 Å². The molecular weight excluding hydrogens is 247 g/mol. The summed E-state index contributed by atoms with van der Waals surface area (Å²) in [6, 6.07) is 7.27. The summed E-state index contributed by atoms with van der Waals surface area (Å²) in [5.41, 5.74) is 6.95. The van der Waals surface area contributed by atoms with Crippen LogP contribution in [-0.2, 0) is 0 Å². The van der Waals surface area contributed by atoms with Crippen LogP contribution in [0.5, 0.6) is 0 Å². The van der Waals surface area contributed by atoms with Crippen LogP contribution in [-0.4, -0.2) is 36.5 Å². The van der Waals surface area contributed by atoms with Gasteiger partial charge in [0.2, 0.25) is 0 Å². The van der Waals surface area contributed by atoms with E-state index in [0.717, 1.165) is 17.7 Å². The molecule has 2 N–H and O–H groups in total. The Morgan fingerprint density at radius 1 is 1.33 bits per heavy atom. The lowest BCUT2D eigenvalue weighted by molar-refractivity contribution is 0.185. The number of nitrogens with two attached hydrogens (primary N) is 1. The van der Waals surface area contributed by atoms with Crippen molar-refractivity contribution < 1.29 is 4.39 Å². The van der Waals surface area contributed by atoms with Gasteiger partial charge < -0.3 is 5.73 Å². The molecule has 0 radical (unpaired) electrons. The number of rotatable bonds is 7. The quantitative estimate of drug-likeness (QED) is 0.826. The third kappa shape index (κ3) is 4.26. The molecule has 4 heteroatoms. The molecule has 2 unspecified atom stereocenters. The van der Waals surface area contributed by atoms with Crippen molar-refractivity contribution in [3.8, 4) is 0 Å². The van der Waals surface area contributed by atoms with Gasteiger partial charge in [0.15, 0.2) is 0 Å². The highest BCUT2D eigenvalue weighted by atomic mass is 32.2. The van der Waals surface area contributed by atoms with Crippen LogP contribution >= 0.6 is 11.8 Å². The second-order valence-corrected chi connectivity index (χ2v) is 5.58. The maximum absolute atomic E-state index is 12.9. The lowest BCUT2D eigenvalue weighted by atomic mass is 10.0. The Morgan fingerprint density at radius 2 is 1.94 bits per heavy atom. The van der Waals surface area contributed by atoms with Gasteiger partial charge in [-0.2, -0.15) is 11.8 Å². The molecule has 0 amide bonds. The first-order chi connectivity index (χ1) is 8.60. The van der Waals surface area contributed by atoms with E-state index in [0.29, 0.717) is 12.6 Å². The van der Waals surface area contributed by atoms with Crippen LogP contribution in [0.15, 0.2) is 24.3 Å². The van der Waals surface area contributed by atoms with E-state index < -0.39 is 0 Å². The van der Waals surface area contributed by atoms with Crippen LogP contribution in [0.2, 0.25) is 0 Å². The van der Waals surface area contributed by atoms with Gasteiger partial charge in [0, 0.05) is 18.6 Å². The van der Waals surface area contributed by atoms with E-state index in [1.807, 2.05) is 23.9 Å². The molecular formula is C14H23FN2S. The summed E-state index contributed by atoms with van der Waals surface area (Å²) in [5, 5.41) is 0. The summed E-state index contributed by atoms with van der Waals surface area (Å²) in [6.07, 6.45) is 3.25. The molecule has 0 saturated carbocycles. The second-order valence-electron chi connectivity index (χ2n) is 4.60. The van der Waals surface area contributed by atoms with Crippen molar-refractivity contribution >= 4 is 11.8 Å². The molecule has 0 bridgehead atoms. The van der Waals surface area contributed by atoms with E-state index in [1.54, 1.807) is 0 Å². The molecule has 0 spiro atoms. The maximum atomic E-state index is 12.9. The zero-order chi connectivity index (χ0) is 13.5. The summed E-state index contributed by atoms with van der Waals surface area (Å²) >= 11 is 1.86. The molecule has 1 aromatic rings. The van der Waals surface area contributed by atoms with Crippen molar-refractivity contribution in [1.82, 2.24) is 4.90 Å².